The number of hydrogen-bond donors (Lipinski definition) is 1. The summed E-state index contributed by atoms with van der Waals surface area (Å²) in [6, 6.07) is 12.4. The minimum atomic E-state index is -0.290. The van der Waals surface area contributed by atoms with E-state index in [0.717, 1.165) is 10.2 Å². The van der Waals surface area contributed by atoms with Gasteiger partial charge in [-0.05, 0) is 53.7 Å². The molecular formula is C15H11BrClN5O. The maximum absolute atomic E-state index is 12.4. The molecule has 1 amide bonds. The molecule has 23 heavy (non-hydrogen) atoms. The first-order chi connectivity index (χ1) is 11.0. The molecule has 1 N–H and O–H groups in total. The summed E-state index contributed by atoms with van der Waals surface area (Å²) in [6.07, 6.45) is 0. The van der Waals surface area contributed by atoms with Crippen LogP contribution < -0.4 is 5.32 Å². The van der Waals surface area contributed by atoms with E-state index in [1.54, 1.807) is 41.9 Å². The van der Waals surface area contributed by atoms with Crippen molar-refractivity contribution < 1.29 is 4.79 Å². The highest BCUT2D eigenvalue weighted by Crippen LogP contribution is 2.23. The molecule has 0 unspecified atom stereocenters. The molecular weight excluding hydrogens is 382 g/mol. The molecule has 0 radical (unpaired) electrons. The van der Waals surface area contributed by atoms with Crippen molar-refractivity contribution in [2.45, 2.75) is 6.92 Å². The zero-order valence-corrected chi connectivity index (χ0v) is 14.3. The largest absolute Gasteiger partial charge is 0.322 e. The average molecular weight is 393 g/mol. The van der Waals surface area contributed by atoms with Crippen LogP contribution in [-0.4, -0.2) is 26.1 Å². The van der Waals surface area contributed by atoms with Gasteiger partial charge in [-0.2, -0.15) is 4.68 Å². The van der Waals surface area contributed by atoms with Crippen LogP contribution in [0.2, 0.25) is 5.02 Å². The quantitative estimate of drug-likeness (QED) is 0.738. The Morgan fingerprint density at radius 2 is 2.09 bits per heavy atom. The van der Waals surface area contributed by atoms with E-state index in [1.165, 1.54) is 0 Å². The Bertz CT molecular complexity index is 880. The summed E-state index contributed by atoms with van der Waals surface area (Å²) < 4.78 is 2.37. The third-order valence-electron chi connectivity index (χ3n) is 3.15. The third-order valence-corrected chi connectivity index (χ3v) is 3.97. The number of aromatic nitrogens is 4. The number of amides is 1. The normalized spacial score (nSPS) is 10.6. The number of carbonyl (C=O) groups is 1. The van der Waals surface area contributed by atoms with E-state index in [4.69, 9.17) is 11.6 Å². The molecule has 0 spiro atoms. The molecule has 0 atom stereocenters. The Kier molecular flexibility index (Phi) is 4.40. The van der Waals surface area contributed by atoms with Crippen molar-refractivity contribution in [3.05, 3.63) is 63.3 Å². The highest BCUT2D eigenvalue weighted by molar-refractivity contribution is 9.10. The number of nitrogens with one attached hydrogen (secondary N) is 1. The smallest absolute Gasteiger partial charge is 0.257 e. The van der Waals surface area contributed by atoms with Gasteiger partial charge < -0.3 is 5.32 Å². The van der Waals surface area contributed by atoms with Gasteiger partial charge in [0.25, 0.3) is 5.91 Å². The van der Waals surface area contributed by atoms with Gasteiger partial charge in [-0.3, -0.25) is 4.79 Å². The van der Waals surface area contributed by atoms with Crippen molar-refractivity contribution in [2.24, 2.45) is 0 Å². The number of anilines is 1. The van der Waals surface area contributed by atoms with Gasteiger partial charge in [-0.25, -0.2) is 0 Å². The molecule has 116 valence electrons. The van der Waals surface area contributed by atoms with Crippen LogP contribution in [-0.2, 0) is 0 Å². The zero-order chi connectivity index (χ0) is 16.4. The highest BCUT2D eigenvalue weighted by Gasteiger charge is 2.12. The van der Waals surface area contributed by atoms with E-state index < -0.39 is 0 Å². The minimum absolute atomic E-state index is 0.290. The lowest BCUT2D eigenvalue weighted by atomic mass is 10.2. The van der Waals surface area contributed by atoms with Crippen LogP contribution in [0.1, 0.15) is 16.2 Å². The second-order valence-electron chi connectivity index (χ2n) is 4.77. The van der Waals surface area contributed by atoms with Gasteiger partial charge in [0, 0.05) is 10.2 Å². The molecule has 0 aliphatic heterocycles. The first-order valence-corrected chi connectivity index (χ1v) is 7.83. The molecule has 8 heteroatoms. The first-order valence-electron chi connectivity index (χ1n) is 6.66. The van der Waals surface area contributed by atoms with E-state index in [0.29, 0.717) is 22.1 Å². The predicted octanol–water partition coefficient (Wildman–Crippen LogP) is 3.64. The van der Waals surface area contributed by atoms with Crippen LogP contribution in [0.4, 0.5) is 5.69 Å². The molecule has 0 fully saturated rings. The second kappa shape index (κ2) is 6.47. The van der Waals surface area contributed by atoms with E-state index in [2.05, 4.69) is 36.8 Å². The zero-order valence-electron chi connectivity index (χ0n) is 12.0. The van der Waals surface area contributed by atoms with Crippen LogP contribution in [0.5, 0.6) is 0 Å². The molecule has 6 nitrogen and oxygen atoms in total. The summed E-state index contributed by atoms with van der Waals surface area (Å²) in [4.78, 5) is 12.4. The van der Waals surface area contributed by atoms with Crippen molar-refractivity contribution in [3.63, 3.8) is 0 Å². The van der Waals surface area contributed by atoms with Crippen molar-refractivity contribution in [1.82, 2.24) is 20.2 Å². The number of benzene rings is 2. The number of nitrogens with zero attached hydrogens (tertiary/aromatic N) is 4. The summed E-state index contributed by atoms with van der Waals surface area (Å²) >= 11 is 9.41. The lowest BCUT2D eigenvalue weighted by molar-refractivity contribution is 0.102. The van der Waals surface area contributed by atoms with Gasteiger partial charge in [0.2, 0.25) is 0 Å². The Morgan fingerprint density at radius 3 is 2.83 bits per heavy atom. The van der Waals surface area contributed by atoms with Crippen molar-refractivity contribution in [1.29, 1.82) is 0 Å². The molecule has 0 bridgehead atoms. The number of carbonyl (C=O) groups excluding carboxylic acids is 1. The van der Waals surface area contributed by atoms with Crippen LogP contribution in [0.25, 0.3) is 5.69 Å². The summed E-state index contributed by atoms with van der Waals surface area (Å²) in [5.74, 6) is 0.366. The van der Waals surface area contributed by atoms with Crippen LogP contribution >= 0.6 is 27.5 Å². The van der Waals surface area contributed by atoms with Crippen molar-refractivity contribution in [2.75, 3.05) is 5.32 Å². The molecule has 1 heterocycles. The van der Waals surface area contributed by atoms with Crippen LogP contribution in [0.3, 0.4) is 0 Å². The predicted molar refractivity (Wildman–Crippen MR) is 91.0 cm³/mol. The SMILES string of the molecule is Cc1nnnn1-c1cccc(NC(=O)c2cc(Br)ccc2Cl)c1. The standard InChI is InChI=1S/C15H11BrClN5O/c1-9-19-20-21-22(9)12-4-2-3-11(8-12)18-15(23)13-7-10(16)5-6-14(13)17/h2-8H,1H3,(H,18,23). The van der Waals surface area contributed by atoms with Crippen LogP contribution in [0, 0.1) is 6.92 Å². The lowest BCUT2D eigenvalue weighted by Gasteiger charge is -2.09. The topological polar surface area (TPSA) is 72.7 Å². The first kappa shape index (κ1) is 15.6. The van der Waals surface area contributed by atoms with E-state index in [9.17, 15) is 4.79 Å². The maximum atomic E-state index is 12.4. The minimum Gasteiger partial charge on any atom is -0.322 e. The highest BCUT2D eigenvalue weighted by atomic mass is 79.9. The van der Waals surface area contributed by atoms with Crippen molar-refractivity contribution >= 4 is 39.1 Å². The maximum Gasteiger partial charge on any atom is 0.257 e. The van der Waals surface area contributed by atoms with E-state index in [1.807, 2.05) is 12.1 Å². The molecule has 0 saturated heterocycles. The number of hydrogen-bond acceptors (Lipinski definition) is 4. The Morgan fingerprint density at radius 1 is 1.26 bits per heavy atom. The number of halogens is 2. The van der Waals surface area contributed by atoms with Gasteiger partial charge in [0.15, 0.2) is 5.82 Å². The molecule has 2 aromatic carbocycles. The fourth-order valence-corrected chi connectivity index (χ4v) is 2.62. The Hall–Kier alpha value is -2.25. The lowest BCUT2D eigenvalue weighted by Crippen LogP contribution is -2.13. The van der Waals surface area contributed by atoms with Gasteiger partial charge >= 0.3 is 0 Å². The number of rotatable bonds is 3. The summed E-state index contributed by atoms with van der Waals surface area (Å²) in [5, 5.41) is 14.6. The van der Waals surface area contributed by atoms with Gasteiger partial charge in [0.05, 0.1) is 16.3 Å². The molecule has 1 aromatic heterocycles. The van der Waals surface area contributed by atoms with Crippen LogP contribution in [0.15, 0.2) is 46.9 Å². The molecule has 3 rings (SSSR count). The molecule has 0 aliphatic carbocycles. The van der Waals surface area contributed by atoms with Gasteiger partial charge in [-0.1, -0.05) is 33.6 Å². The van der Waals surface area contributed by atoms with Crippen molar-refractivity contribution in [3.8, 4) is 5.69 Å². The molecule has 0 aliphatic rings. The van der Waals surface area contributed by atoms with E-state index >= 15 is 0 Å². The Labute approximate surface area is 145 Å². The third kappa shape index (κ3) is 3.40. The fraction of sp³-hybridized carbons (Fsp3) is 0.0667. The fourth-order valence-electron chi connectivity index (χ4n) is 2.06. The van der Waals surface area contributed by atoms with E-state index in [-0.39, 0.29) is 5.91 Å². The molecule has 0 saturated carbocycles. The molecule has 3 aromatic rings. The average Bonchev–Trinajstić information content (AvgIpc) is 2.96. The monoisotopic (exact) mass is 391 g/mol. The number of tetrazole rings is 1. The second-order valence-corrected chi connectivity index (χ2v) is 6.09. The summed E-state index contributed by atoms with van der Waals surface area (Å²) in [7, 11) is 0. The summed E-state index contributed by atoms with van der Waals surface area (Å²) in [5.41, 5.74) is 1.77. The summed E-state index contributed by atoms with van der Waals surface area (Å²) in [6.45, 7) is 1.80. The number of aryl methyl sites for hydroxylation is 1. The van der Waals surface area contributed by atoms with Gasteiger partial charge in [0.1, 0.15) is 0 Å². The van der Waals surface area contributed by atoms with Gasteiger partial charge in [-0.15, -0.1) is 5.10 Å². The Balaban J connectivity index is 1.87.